The zero-order chi connectivity index (χ0) is 20.1. The van der Waals surface area contributed by atoms with Gasteiger partial charge in [0.2, 0.25) is 5.43 Å². The molecular weight excluding hydrogens is 370 g/mol. The Morgan fingerprint density at radius 2 is 1.75 bits per heavy atom. The molecule has 0 aliphatic heterocycles. The Bertz CT molecular complexity index is 1060. The van der Waals surface area contributed by atoms with Crippen LogP contribution >= 0.6 is 0 Å². The van der Waals surface area contributed by atoms with E-state index in [1.807, 2.05) is 0 Å². The Hall–Kier alpha value is -3.49. The number of phenolic OH excluding ortho intramolecular Hbond substituents is 2. The summed E-state index contributed by atoms with van der Waals surface area (Å²) >= 11 is 0. The van der Waals surface area contributed by atoms with Crippen molar-refractivity contribution >= 4 is 21.9 Å². The number of ether oxygens (including phenoxy) is 1. The predicted octanol–water partition coefficient (Wildman–Crippen LogP) is 3.50. The molecule has 28 heavy (non-hydrogen) atoms. The summed E-state index contributed by atoms with van der Waals surface area (Å²) < 4.78 is 11.3. The molecule has 148 valence electrons. The van der Waals surface area contributed by atoms with Gasteiger partial charge >= 0.3 is 0 Å². The van der Waals surface area contributed by atoms with Gasteiger partial charge in [-0.15, -0.1) is 10.1 Å². The summed E-state index contributed by atoms with van der Waals surface area (Å²) in [5, 5.41) is 29.3. The molecule has 9 nitrogen and oxygen atoms in total. The standard InChI is InChI=1S/C19H19NO8/c21-12-5-6-14-16(9-12)28-17-11-13(10-15(22)18(17)19(14)23)26-7-3-1-2-4-8-27-20(24)25/h5-6,9-11,21-22H,1-4,7-8H2. The summed E-state index contributed by atoms with van der Waals surface area (Å²) in [6.07, 6.45) is 2.87. The third kappa shape index (κ3) is 4.43. The van der Waals surface area contributed by atoms with Gasteiger partial charge in [-0.3, -0.25) is 4.79 Å². The highest BCUT2D eigenvalue weighted by molar-refractivity contribution is 5.94. The van der Waals surface area contributed by atoms with Crippen molar-refractivity contribution in [1.82, 2.24) is 0 Å². The smallest absolute Gasteiger partial charge is 0.294 e. The molecule has 0 radical (unpaired) electrons. The Balaban J connectivity index is 1.65. The maximum Gasteiger partial charge on any atom is 0.294 e. The lowest BCUT2D eigenvalue weighted by Crippen LogP contribution is -2.04. The van der Waals surface area contributed by atoms with Crippen LogP contribution in [0.5, 0.6) is 17.2 Å². The first-order valence-corrected chi connectivity index (χ1v) is 8.78. The molecule has 0 fully saturated rings. The summed E-state index contributed by atoms with van der Waals surface area (Å²) in [4.78, 5) is 26.8. The van der Waals surface area contributed by atoms with Crippen LogP contribution in [0.15, 0.2) is 39.5 Å². The predicted molar refractivity (Wildman–Crippen MR) is 100 cm³/mol. The Kier molecular flexibility index (Phi) is 5.83. The van der Waals surface area contributed by atoms with Gasteiger partial charge in [-0.1, -0.05) is 12.8 Å². The van der Waals surface area contributed by atoms with E-state index in [0.29, 0.717) is 25.2 Å². The molecule has 9 heteroatoms. The van der Waals surface area contributed by atoms with Gasteiger partial charge in [0.1, 0.15) is 33.8 Å². The quantitative estimate of drug-likeness (QED) is 0.246. The molecule has 0 amide bonds. The molecule has 0 bridgehead atoms. The molecule has 3 rings (SSSR count). The van der Waals surface area contributed by atoms with Crippen LogP contribution in [0.4, 0.5) is 0 Å². The minimum Gasteiger partial charge on any atom is -0.508 e. The fourth-order valence-electron chi connectivity index (χ4n) is 2.89. The molecule has 0 saturated carbocycles. The van der Waals surface area contributed by atoms with Crippen LogP contribution in [0.2, 0.25) is 0 Å². The molecule has 0 aliphatic rings. The molecule has 1 aromatic heterocycles. The van der Waals surface area contributed by atoms with Crippen molar-refractivity contribution in [2.45, 2.75) is 25.7 Å². The van der Waals surface area contributed by atoms with Crippen LogP contribution in [-0.2, 0) is 4.84 Å². The number of hydrogen-bond donors (Lipinski definition) is 2. The van der Waals surface area contributed by atoms with Gasteiger partial charge in [0, 0.05) is 18.2 Å². The van der Waals surface area contributed by atoms with Crippen LogP contribution in [-0.4, -0.2) is 28.5 Å². The second kappa shape index (κ2) is 8.47. The Morgan fingerprint density at radius 3 is 2.50 bits per heavy atom. The number of hydrogen-bond acceptors (Lipinski definition) is 8. The van der Waals surface area contributed by atoms with E-state index < -0.39 is 10.5 Å². The Labute approximate surface area is 158 Å². The highest BCUT2D eigenvalue weighted by Gasteiger charge is 2.14. The lowest BCUT2D eigenvalue weighted by molar-refractivity contribution is -0.757. The van der Waals surface area contributed by atoms with E-state index in [-0.39, 0.29) is 40.0 Å². The van der Waals surface area contributed by atoms with Gasteiger partial charge in [0.05, 0.1) is 18.6 Å². The van der Waals surface area contributed by atoms with E-state index in [0.717, 1.165) is 12.8 Å². The lowest BCUT2D eigenvalue weighted by atomic mass is 10.1. The fraction of sp³-hybridized carbons (Fsp3) is 0.316. The molecule has 1 heterocycles. The maximum absolute atomic E-state index is 12.6. The van der Waals surface area contributed by atoms with Crippen molar-refractivity contribution in [2.24, 2.45) is 0 Å². The first-order chi connectivity index (χ1) is 13.5. The van der Waals surface area contributed by atoms with Crippen LogP contribution in [0.3, 0.4) is 0 Å². The summed E-state index contributed by atoms with van der Waals surface area (Å²) in [7, 11) is 0. The SMILES string of the molecule is O=c1c2ccc(O)cc2oc2cc(OCCCCCCO[N+](=O)[O-])cc(O)c12. The van der Waals surface area contributed by atoms with Crippen molar-refractivity contribution < 1.29 is 29.3 Å². The number of rotatable bonds is 9. The number of fused-ring (bicyclic) bond motifs is 2. The average molecular weight is 389 g/mol. The van der Waals surface area contributed by atoms with Crippen LogP contribution in [0.1, 0.15) is 25.7 Å². The van der Waals surface area contributed by atoms with Crippen LogP contribution < -0.4 is 10.2 Å². The highest BCUT2D eigenvalue weighted by Crippen LogP contribution is 2.31. The molecular formula is C19H19NO8. The molecule has 0 aliphatic carbocycles. The van der Waals surface area contributed by atoms with Crippen LogP contribution in [0, 0.1) is 10.1 Å². The number of benzene rings is 2. The van der Waals surface area contributed by atoms with E-state index in [9.17, 15) is 25.1 Å². The average Bonchev–Trinajstić information content (AvgIpc) is 2.63. The van der Waals surface area contributed by atoms with Gasteiger partial charge in [-0.05, 0) is 25.0 Å². The summed E-state index contributed by atoms with van der Waals surface area (Å²) in [6.45, 7) is 0.453. The summed E-state index contributed by atoms with van der Waals surface area (Å²) in [5.74, 6) is 0.0766. The summed E-state index contributed by atoms with van der Waals surface area (Å²) in [5.41, 5.74) is -0.0155. The van der Waals surface area contributed by atoms with Gasteiger partial charge in [-0.25, -0.2) is 0 Å². The number of unbranched alkanes of at least 4 members (excludes halogenated alkanes) is 3. The van der Waals surface area contributed by atoms with Gasteiger partial charge in [0.25, 0.3) is 5.09 Å². The highest BCUT2D eigenvalue weighted by atomic mass is 16.9. The topological polar surface area (TPSA) is 132 Å². The van der Waals surface area contributed by atoms with E-state index in [4.69, 9.17) is 9.15 Å². The van der Waals surface area contributed by atoms with E-state index in [1.165, 1.54) is 30.3 Å². The molecule has 0 saturated heterocycles. The molecule has 2 aromatic carbocycles. The van der Waals surface area contributed by atoms with Gasteiger partial charge < -0.3 is 24.2 Å². The van der Waals surface area contributed by atoms with E-state index in [2.05, 4.69) is 4.84 Å². The largest absolute Gasteiger partial charge is 0.508 e. The van der Waals surface area contributed by atoms with Crippen molar-refractivity contribution in [1.29, 1.82) is 0 Å². The molecule has 0 spiro atoms. The normalized spacial score (nSPS) is 11.0. The molecule has 0 atom stereocenters. The fourth-order valence-corrected chi connectivity index (χ4v) is 2.89. The second-order valence-corrected chi connectivity index (χ2v) is 6.25. The zero-order valence-electron chi connectivity index (χ0n) is 14.9. The second-order valence-electron chi connectivity index (χ2n) is 6.25. The van der Waals surface area contributed by atoms with Crippen molar-refractivity contribution in [3.63, 3.8) is 0 Å². The minimum absolute atomic E-state index is 0.0322. The first-order valence-electron chi connectivity index (χ1n) is 8.78. The minimum atomic E-state index is -0.807. The Morgan fingerprint density at radius 1 is 1.00 bits per heavy atom. The first kappa shape index (κ1) is 19.3. The zero-order valence-corrected chi connectivity index (χ0v) is 14.9. The van der Waals surface area contributed by atoms with Gasteiger partial charge in [-0.2, -0.15) is 0 Å². The van der Waals surface area contributed by atoms with E-state index in [1.54, 1.807) is 0 Å². The van der Waals surface area contributed by atoms with E-state index >= 15 is 0 Å². The number of nitrogens with zero attached hydrogens (tertiary/aromatic N) is 1. The molecule has 3 aromatic rings. The van der Waals surface area contributed by atoms with Crippen LogP contribution in [0.25, 0.3) is 21.9 Å². The van der Waals surface area contributed by atoms with Crippen molar-refractivity contribution in [2.75, 3.05) is 13.2 Å². The third-order valence-corrected chi connectivity index (χ3v) is 4.22. The van der Waals surface area contributed by atoms with Crippen molar-refractivity contribution in [3.05, 3.63) is 50.7 Å². The maximum atomic E-state index is 12.6. The number of phenols is 2. The lowest BCUT2D eigenvalue weighted by Gasteiger charge is -2.09. The molecule has 2 N–H and O–H groups in total. The van der Waals surface area contributed by atoms with Crippen molar-refractivity contribution in [3.8, 4) is 17.2 Å². The number of aromatic hydroxyl groups is 2. The molecule has 0 unspecified atom stereocenters. The third-order valence-electron chi connectivity index (χ3n) is 4.22. The monoisotopic (exact) mass is 389 g/mol. The summed E-state index contributed by atoms with van der Waals surface area (Å²) in [6, 6.07) is 7.03. The van der Waals surface area contributed by atoms with Gasteiger partial charge in [0.15, 0.2) is 0 Å².